The zero-order valence-corrected chi connectivity index (χ0v) is 13.6. The van der Waals surface area contributed by atoms with Gasteiger partial charge < -0.3 is 19.9 Å². The summed E-state index contributed by atoms with van der Waals surface area (Å²) in [5, 5.41) is 22.9. The number of hydrogen-bond acceptors (Lipinski definition) is 10. The van der Waals surface area contributed by atoms with E-state index in [0.717, 1.165) is 14.2 Å². The Labute approximate surface area is 140 Å². The van der Waals surface area contributed by atoms with Gasteiger partial charge in [-0.05, 0) is 6.07 Å². The molecule has 13 heteroatoms. The molecular weight excluding hydrogens is 364 g/mol. The van der Waals surface area contributed by atoms with E-state index in [1.54, 1.807) is 0 Å². The van der Waals surface area contributed by atoms with Gasteiger partial charge in [-0.3, -0.25) is 14.7 Å². The van der Waals surface area contributed by atoms with Gasteiger partial charge in [-0.1, -0.05) is 0 Å². The molecule has 12 nitrogen and oxygen atoms in total. The van der Waals surface area contributed by atoms with Gasteiger partial charge in [0, 0.05) is 6.07 Å². The minimum Gasteiger partial charge on any atom is -0.501 e. The largest absolute Gasteiger partial charge is 0.501 e. The van der Waals surface area contributed by atoms with E-state index >= 15 is 0 Å². The molecule has 0 bridgehead atoms. The number of ether oxygens (including phenoxy) is 2. The molecule has 0 amide bonds. The van der Waals surface area contributed by atoms with E-state index in [-0.39, 0.29) is 0 Å². The SMILES string of the molecule is COC(=O)/C=C(/Nc1cc(S(=O)(=O)O)cc([N+](=O)[O-])c1O)C(=O)OC. The highest BCUT2D eigenvalue weighted by atomic mass is 32.2. The van der Waals surface area contributed by atoms with Gasteiger partial charge in [0.15, 0.2) is 0 Å². The third-order valence-corrected chi connectivity index (χ3v) is 3.53. The molecule has 0 saturated carbocycles. The molecule has 0 atom stereocenters. The number of nitro benzene ring substituents is 1. The summed E-state index contributed by atoms with van der Waals surface area (Å²) >= 11 is 0. The number of benzene rings is 1. The summed E-state index contributed by atoms with van der Waals surface area (Å²) in [7, 11) is -2.90. The quantitative estimate of drug-likeness (QED) is 0.154. The Balaban J connectivity index is 3.56. The molecule has 0 aromatic heterocycles. The van der Waals surface area contributed by atoms with Crippen molar-refractivity contribution in [2.24, 2.45) is 0 Å². The molecule has 1 aromatic carbocycles. The number of nitro groups is 1. The summed E-state index contributed by atoms with van der Waals surface area (Å²) in [4.78, 5) is 31.8. The van der Waals surface area contributed by atoms with Gasteiger partial charge in [-0.15, -0.1) is 0 Å². The highest BCUT2D eigenvalue weighted by Crippen LogP contribution is 2.37. The Morgan fingerprint density at radius 1 is 1.28 bits per heavy atom. The van der Waals surface area contributed by atoms with Crippen molar-refractivity contribution in [2.75, 3.05) is 19.5 Å². The third kappa shape index (κ3) is 4.89. The number of anilines is 1. The van der Waals surface area contributed by atoms with Gasteiger partial charge in [-0.25, -0.2) is 9.59 Å². The van der Waals surface area contributed by atoms with Crippen LogP contribution < -0.4 is 5.32 Å². The lowest BCUT2D eigenvalue weighted by Crippen LogP contribution is -2.16. The van der Waals surface area contributed by atoms with Crippen molar-refractivity contribution < 1.29 is 42.1 Å². The van der Waals surface area contributed by atoms with Gasteiger partial charge in [-0.2, -0.15) is 8.42 Å². The van der Waals surface area contributed by atoms with Crippen molar-refractivity contribution in [3.05, 3.63) is 34.0 Å². The number of carbonyl (C=O) groups excluding carboxylic acids is 2. The molecule has 25 heavy (non-hydrogen) atoms. The zero-order valence-electron chi connectivity index (χ0n) is 12.7. The second-order valence-electron chi connectivity index (χ2n) is 4.27. The molecule has 0 saturated heterocycles. The van der Waals surface area contributed by atoms with E-state index in [2.05, 4.69) is 14.8 Å². The molecule has 0 fully saturated rings. The Morgan fingerprint density at radius 2 is 1.88 bits per heavy atom. The highest BCUT2D eigenvalue weighted by Gasteiger charge is 2.25. The van der Waals surface area contributed by atoms with Crippen molar-refractivity contribution in [3.8, 4) is 5.75 Å². The van der Waals surface area contributed by atoms with Crippen LogP contribution in [0.1, 0.15) is 0 Å². The lowest BCUT2D eigenvalue weighted by molar-refractivity contribution is -0.386. The number of esters is 2. The smallest absolute Gasteiger partial charge is 0.354 e. The molecule has 136 valence electrons. The van der Waals surface area contributed by atoms with E-state index in [1.807, 2.05) is 0 Å². The monoisotopic (exact) mass is 376 g/mol. The minimum absolute atomic E-state index is 0.414. The molecular formula is C12H12N2O10S. The van der Waals surface area contributed by atoms with E-state index in [1.165, 1.54) is 0 Å². The molecule has 0 spiro atoms. The number of aromatic hydroxyl groups is 1. The van der Waals surface area contributed by atoms with Crippen LogP contribution in [-0.4, -0.2) is 49.2 Å². The van der Waals surface area contributed by atoms with Crippen LogP contribution in [0, 0.1) is 10.1 Å². The standard InChI is InChI=1S/C12H12N2O10S/c1-23-10(15)5-8(12(17)24-2)13-7-3-6(25(20,21)22)4-9(11(7)16)14(18)19/h3-5,13,16H,1-2H3,(H,20,21,22)/b8-5+. The molecule has 0 unspecified atom stereocenters. The predicted octanol–water partition coefficient (Wildman–Crippen LogP) is 0.189. The van der Waals surface area contributed by atoms with Crippen molar-refractivity contribution in [3.63, 3.8) is 0 Å². The zero-order chi connectivity index (χ0) is 19.4. The summed E-state index contributed by atoms with van der Waals surface area (Å²) in [6.07, 6.45) is 0.608. The molecule has 0 aliphatic heterocycles. The molecule has 0 heterocycles. The maximum atomic E-state index is 11.6. The van der Waals surface area contributed by atoms with Gasteiger partial charge in [0.05, 0.1) is 30.9 Å². The van der Waals surface area contributed by atoms with Gasteiger partial charge in [0.2, 0.25) is 5.75 Å². The maximum Gasteiger partial charge on any atom is 0.354 e. The van der Waals surface area contributed by atoms with E-state index in [0.29, 0.717) is 18.2 Å². The number of carbonyl (C=O) groups is 2. The summed E-state index contributed by atoms with van der Waals surface area (Å²) < 4.78 is 40.2. The summed E-state index contributed by atoms with van der Waals surface area (Å²) in [5.74, 6) is -3.17. The van der Waals surface area contributed by atoms with Crippen molar-refractivity contribution >= 4 is 33.4 Å². The van der Waals surface area contributed by atoms with Crippen LogP contribution in [0.4, 0.5) is 11.4 Å². The lowest BCUT2D eigenvalue weighted by atomic mass is 10.2. The fourth-order valence-corrected chi connectivity index (χ4v) is 2.08. The first-order valence-corrected chi connectivity index (χ1v) is 7.59. The van der Waals surface area contributed by atoms with Gasteiger partial charge >= 0.3 is 17.6 Å². The Hall–Kier alpha value is -3.19. The van der Waals surface area contributed by atoms with Gasteiger partial charge in [0.25, 0.3) is 10.1 Å². The van der Waals surface area contributed by atoms with Crippen molar-refractivity contribution in [2.45, 2.75) is 4.90 Å². The number of phenolic OH excluding ortho intramolecular Hbond substituents is 1. The van der Waals surface area contributed by atoms with Crippen LogP contribution >= 0.6 is 0 Å². The molecule has 3 N–H and O–H groups in total. The van der Waals surface area contributed by atoms with Crippen LogP contribution in [-0.2, 0) is 29.2 Å². The first-order valence-electron chi connectivity index (χ1n) is 6.15. The molecule has 0 radical (unpaired) electrons. The first kappa shape index (κ1) is 19.9. The Morgan fingerprint density at radius 3 is 2.32 bits per heavy atom. The average Bonchev–Trinajstić information content (AvgIpc) is 2.53. The fourth-order valence-electron chi connectivity index (χ4n) is 1.55. The second kappa shape index (κ2) is 7.59. The summed E-state index contributed by atoms with van der Waals surface area (Å²) in [5.41, 5.74) is -2.34. The van der Waals surface area contributed by atoms with Crippen LogP contribution in [0.15, 0.2) is 28.8 Å². The number of hydrogen-bond donors (Lipinski definition) is 3. The van der Waals surface area contributed by atoms with Crippen LogP contribution in [0.25, 0.3) is 0 Å². The van der Waals surface area contributed by atoms with Crippen LogP contribution in [0.5, 0.6) is 5.75 Å². The minimum atomic E-state index is -4.87. The fraction of sp³-hybridized carbons (Fsp3) is 0.167. The summed E-state index contributed by atoms with van der Waals surface area (Å²) in [6, 6.07) is 1.03. The molecule has 0 aliphatic rings. The van der Waals surface area contributed by atoms with Crippen molar-refractivity contribution in [1.82, 2.24) is 0 Å². The second-order valence-corrected chi connectivity index (χ2v) is 5.69. The maximum absolute atomic E-state index is 11.6. The third-order valence-electron chi connectivity index (χ3n) is 2.70. The Kier molecular flexibility index (Phi) is 6.03. The molecule has 0 aliphatic carbocycles. The highest BCUT2D eigenvalue weighted by molar-refractivity contribution is 7.85. The van der Waals surface area contributed by atoms with Gasteiger partial charge in [0.1, 0.15) is 10.6 Å². The number of rotatable bonds is 6. The molecule has 1 aromatic rings. The number of methoxy groups -OCH3 is 2. The van der Waals surface area contributed by atoms with Crippen LogP contribution in [0.3, 0.4) is 0 Å². The first-order chi connectivity index (χ1) is 11.5. The van der Waals surface area contributed by atoms with E-state index in [4.69, 9.17) is 4.55 Å². The normalized spacial score (nSPS) is 11.6. The topological polar surface area (TPSA) is 182 Å². The van der Waals surface area contributed by atoms with E-state index in [9.17, 15) is 33.2 Å². The Bertz CT molecular complexity index is 859. The van der Waals surface area contributed by atoms with Crippen molar-refractivity contribution in [1.29, 1.82) is 0 Å². The number of nitrogens with zero attached hydrogens (tertiary/aromatic N) is 1. The average molecular weight is 376 g/mol. The molecule has 1 rings (SSSR count). The van der Waals surface area contributed by atoms with Crippen LogP contribution in [0.2, 0.25) is 0 Å². The predicted molar refractivity (Wildman–Crippen MR) is 80.3 cm³/mol. The summed E-state index contributed by atoms with van der Waals surface area (Å²) in [6.45, 7) is 0. The lowest BCUT2D eigenvalue weighted by Gasteiger charge is -2.11. The van der Waals surface area contributed by atoms with E-state index < -0.39 is 54.7 Å². The number of nitrogens with one attached hydrogen (secondary N) is 1. The number of phenols is 1.